The van der Waals surface area contributed by atoms with E-state index < -0.39 is 10.0 Å². The second-order valence-corrected chi connectivity index (χ2v) is 6.64. The molecule has 0 aliphatic heterocycles. The molecule has 1 N–H and O–H groups in total. The lowest BCUT2D eigenvalue weighted by atomic mass is 10.1. The van der Waals surface area contributed by atoms with E-state index in [-0.39, 0.29) is 17.5 Å². The summed E-state index contributed by atoms with van der Waals surface area (Å²) in [7, 11) is -2.13. The number of benzene rings is 1. The van der Waals surface area contributed by atoms with Gasteiger partial charge in [-0.05, 0) is 51.0 Å². The number of nitrogens with one attached hydrogen (secondary N) is 1. The fourth-order valence-corrected chi connectivity index (χ4v) is 2.93. The SMILES string of the molecule is COc1cc(C)c(C)cc1S(=O)(=O)NCCOC(C)C. The van der Waals surface area contributed by atoms with Crippen molar-refractivity contribution in [3.8, 4) is 5.75 Å². The van der Waals surface area contributed by atoms with Crippen LogP contribution in [0.1, 0.15) is 25.0 Å². The van der Waals surface area contributed by atoms with Crippen molar-refractivity contribution < 1.29 is 17.9 Å². The van der Waals surface area contributed by atoms with E-state index >= 15 is 0 Å². The zero-order chi connectivity index (χ0) is 15.3. The van der Waals surface area contributed by atoms with E-state index in [1.807, 2.05) is 27.7 Å². The Morgan fingerprint density at radius 2 is 1.80 bits per heavy atom. The molecule has 0 fully saturated rings. The van der Waals surface area contributed by atoms with Crippen LogP contribution in [0.4, 0.5) is 0 Å². The summed E-state index contributed by atoms with van der Waals surface area (Å²) in [6.07, 6.45) is 0.0793. The van der Waals surface area contributed by atoms with Crippen molar-refractivity contribution in [2.24, 2.45) is 0 Å². The minimum atomic E-state index is -3.60. The van der Waals surface area contributed by atoms with Crippen molar-refractivity contribution in [1.82, 2.24) is 4.72 Å². The quantitative estimate of drug-likeness (QED) is 0.783. The van der Waals surface area contributed by atoms with Crippen molar-refractivity contribution in [1.29, 1.82) is 0 Å². The highest BCUT2D eigenvalue weighted by Gasteiger charge is 2.20. The Bertz CT molecular complexity index is 553. The van der Waals surface area contributed by atoms with E-state index in [9.17, 15) is 8.42 Å². The van der Waals surface area contributed by atoms with Crippen molar-refractivity contribution in [3.05, 3.63) is 23.3 Å². The molecule has 0 amide bonds. The first kappa shape index (κ1) is 16.9. The minimum absolute atomic E-state index is 0.0793. The number of ether oxygens (including phenoxy) is 2. The van der Waals surface area contributed by atoms with Crippen LogP contribution in [-0.4, -0.2) is 34.8 Å². The average Bonchev–Trinajstić information content (AvgIpc) is 2.37. The van der Waals surface area contributed by atoms with E-state index in [1.54, 1.807) is 12.1 Å². The standard InChI is InChI=1S/C14H23NO4S/c1-10(2)19-7-6-15-20(16,17)14-9-12(4)11(3)8-13(14)18-5/h8-10,15H,6-7H2,1-5H3. The summed E-state index contributed by atoms with van der Waals surface area (Å²) in [5.74, 6) is 0.352. The number of sulfonamides is 1. The fourth-order valence-electron chi connectivity index (χ4n) is 1.68. The molecule has 0 aliphatic carbocycles. The predicted molar refractivity (Wildman–Crippen MR) is 78.7 cm³/mol. The van der Waals surface area contributed by atoms with Crippen LogP contribution >= 0.6 is 0 Å². The molecule has 0 saturated heterocycles. The third kappa shape index (κ3) is 4.47. The molecular formula is C14H23NO4S. The summed E-state index contributed by atoms with van der Waals surface area (Å²) in [5.41, 5.74) is 1.90. The summed E-state index contributed by atoms with van der Waals surface area (Å²) in [6, 6.07) is 3.36. The second kappa shape index (κ2) is 7.06. The van der Waals surface area contributed by atoms with Gasteiger partial charge in [0.1, 0.15) is 10.6 Å². The monoisotopic (exact) mass is 301 g/mol. The van der Waals surface area contributed by atoms with E-state index in [2.05, 4.69) is 4.72 Å². The van der Waals surface area contributed by atoms with E-state index in [1.165, 1.54) is 7.11 Å². The smallest absolute Gasteiger partial charge is 0.244 e. The van der Waals surface area contributed by atoms with Crippen LogP contribution in [0.15, 0.2) is 17.0 Å². The molecule has 5 nitrogen and oxygen atoms in total. The summed E-state index contributed by atoms with van der Waals surface area (Å²) < 4.78 is 37.5. The average molecular weight is 301 g/mol. The van der Waals surface area contributed by atoms with E-state index in [0.29, 0.717) is 12.4 Å². The second-order valence-electron chi connectivity index (χ2n) is 4.90. The van der Waals surface area contributed by atoms with Gasteiger partial charge in [-0.15, -0.1) is 0 Å². The van der Waals surface area contributed by atoms with Crippen LogP contribution < -0.4 is 9.46 Å². The van der Waals surface area contributed by atoms with Gasteiger partial charge in [-0.3, -0.25) is 0 Å². The third-order valence-electron chi connectivity index (χ3n) is 2.91. The Morgan fingerprint density at radius 3 is 2.35 bits per heavy atom. The summed E-state index contributed by atoms with van der Waals surface area (Å²) >= 11 is 0. The zero-order valence-corrected chi connectivity index (χ0v) is 13.5. The van der Waals surface area contributed by atoms with Crippen LogP contribution in [0.2, 0.25) is 0 Å². The van der Waals surface area contributed by atoms with Crippen LogP contribution in [0.3, 0.4) is 0 Å². The first-order valence-corrected chi connectivity index (χ1v) is 8.02. The van der Waals surface area contributed by atoms with Gasteiger partial charge in [-0.1, -0.05) is 0 Å². The molecule has 1 rings (SSSR count). The van der Waals surface area contributed by atoms with Crippen LogP contribution in [0, 0.1) is 13.8 Å². The first-order chi connectivity index (χ1) is 9.27. The molecule has 1 aromatic rings. The van der Waals surface area contributed by atoms with Crippen LogP contribution in [0.25, 0.3) is 0 Å². The molecule has 0 unspecified atom stereocenters. The van der Waals surface area contributed by atoms with Gasteiger partial charge in [0.2, 0.25) is 10.0 Å². The lowest BCUT2D eigenvalue weighted by molar-refractivity contribution is 0.0834. The first-order valence-electron chi connectivity index (χ1n) is 6.54. The molecule has 0 aromatic heterocycles. The molecule has 1 aromatic carbocycles. The highest BCUT2D eigenvalue weighted by Crippen LogP contribution is 2.26. The third-order valence-corrected chi connectivity index (χ3v) is 4.40. The van der Waals surface area contributed by atoms with Gasteiger partial charge >= 0.3 is 0 Å². The normalized spacial score (nSPS) is 11.9. The number of hydrogen-bond acceptors (Lipinski definition) is 4. The summed E-state index contributed by atoms with van der Waals surface area (Å²) in [4.78, 5) is 0.160. The fraction of sp³-hybridized carbons (Fsp3) is 0.571. The maximum atomic E-state index is 12.3. The van der Waals surface area contributed by atoms with Gasteiger partial charge in [0.15, 0.2) is 0 Å². The Morgan fingerprint density at radius 1 is 1.20 bits per heavy atom. The van der Waals surface area contributed by atoms with Gasteiger partial charge in [-0.25, -0.2) is 13.1 Å². The number of rotatable bonds is 7. The van der Waals surface area contributed by atoms with Crippen molar-refractivity contribution in [2.45, 2.75) is 38.7 Å². The van der Waals surface area contributed by atoms with Gasteiger partial charge in [0.25, 0.3) is 0 Å². The Balaban J connectivity index is 2.89. The zero-order valence-electron chi connectivity index (χ0n) is 12.7. The molecular weight excluding hydrogens is 278 g/mol. The molecule has 0 spiro atoms. The lowest BCUT2D eigenvalue weighted by Crippen LogP contribution is -2.28. The molecule has 0 aliphatic rings. The Labute approximate surface area is 121 Å². The van der Waals surface area contributed by atoms with Gasteiger partial charge < -0.3 is 9.47 Å². The highest BCUT2D eigenvalue weighted by atomic mass is 32.2. The topological polar surface area (TPSA) is 64.6 Å². The maximum absolute atomic E-state index is 12.3. The summed E-state index contributed by atoms with van der Waals surface area (Å²) in [5, 5.41) is 0. The van der Waals surface area contributed by atoms with Crippen LogP contribution in [-0.2, 0) is 14.8 Å². The molecule has 6 heteroatoms. The molecule has 0 atom stereocenters. The highest BCUT2D eigenvalue weighted by molar-refractivity contribution is 7.89. The molecule has 0 saturated carbocycles. The van der Waals surface area contributed by atoms with Gasteiger partial charge in [-0.2, -0.15) is 0 Å². The molecule has 20 heavy (non-hydrogen) atoms. The summed E-state index contributed by atoms with van der Waals surface area (Å²) in [6.45, 7) is 8.16. The number of methoxy groups -OCH3 is 1. The Hall–Kier alpha value is -1.11. The minimum Gasteiger partial charge on any atom is -0.495 e. The maximum Gasteiger partial charge on any atom is 0.244 e. The molecule has 0 radical (unpaired) electrons. The largest absolute Gasteiger partial charge is 0.495 e. The number of hydrogen-bond donors (Lipinski definition) is 1. The van der Waals surface area contributed by atoms with Crippen molar-refractivity contribution in [2.75, 3.05) is 20.3 Å². The molecule has 0 bridgehead atoms. The van der Waals surface area contributed by atoms with Crippen molar-refractivity contribution in [3.63, 3.8) is 0 Å². The van der Waals surface area contributed by atoms with E-state index in [4.69, 9.17) is 9.47 Å². The van der Waals surface area contributed by atoms with E-state index in [0.717, 1.165) is 11.1 Å². The number of aryl methyl sites for hydroxylation is 2. The van der Waals surface area contributed by atoms with Gasteiger partial charge in [0, 0.05) is 6.54 Å². The van der Waals surface area contributed by atoms with Crippen molar-refractivity contribution >= 4 is 10.0 Å². The molecule has 0 heterocycles. The Kier molecular flexibility index (Phi) is 5.98. The van der Waals surface area contributed by atoms with Gasteiger partial charge in [0.05, 0.1) is 19.8 Å². The molecule has 114 valence electrons. The predicted octanol–water partition coefficient (Wildman–Crippen LogP) is 2.02. The van der Waals surface area contributed by atoms with Crippen LogP contribution in [0.5, 0.6) is 5.75 Å². The lowest BCUT2D eigenvalue weighted by Gasteiger charge is -2.13.